The van der Waals surface area contributed by atoms with Crippen molar-refractivity contribution in [2.75, 3.05) is 20.8 Å². The third-order valence-electron chi connectivity index (χ3n) is 2.38. The molecule has 17 heavy (non-hydrogen) atoms. The predicted octanol–water partition coefficient (Wildman–Crippen LogP) is 2.24. The highest BCUT2D eigenvalue weighted by Gasteiger charge is 2.14. The molecule has 1 atom stereocenters. The van der Waals surface area contributed by atoms with Crippen molar-refractivity contribution in [3.8, 4) is 11.5 Å². The fourth-order valence-electron chi connectivity index (χ4n) is 1.49. The van der Waals surface area contributed by atoms with Crippen molar-refractivity contribution in [3.63, 3.8) is 0 Å². The second kappa shape index (κ2) is 7.76. The van der Waals surface area contributed by atoms with Crippen LogP contribution in [0.25, 0.3) is 0 Å². The zero-order valence-electron chi connectivity index (χ0n) is 9.90. The van der Waals surface area contributed by atoms with Gasteiger partial charge in [0.05, 0.1) is 14.2 Å². The number of methoxy groups -OCH3 is 2. The molecule has 0 aliphatic rings. The Morgan fingerprint density at radius 3 is 2.24 bits per heavy atom. The van der Waals surface area contributed by atoms with Crippen molar-refractivity contribution in [2.45, 2.75) is 12.5 Å². The third-order valence-corrected chi connectivity index (χ3v) is 3.07. The monoisotopic (exact) mass is 324 g/mol. The molecular formula is C11H18BrClN2O2. The van der Waals surface area contributed by atoms with Crippen LogP contribution < -0.4 is 20.9 Å². The largest absolute Gasteiger partial charge is 0.493 e. The van der Waals surface area contributed by atoms with Crippen LogP contribution in [-0.4, -0.2) is 20.8 Å². The summed E-state index contributed by atoms with van der Waals surface area (Å²) in [7, 11) is 3.20. The lowest BCUT2D eigenvalue weighted by atomic mass is 10.0. The van der Waals surface area contributed by atoms with Gasteiger partial charge in [0, 0.05) is 10.5 Å². The lowest BCUT2D eigenvalue weighted by Crippen LogP contribution is -2.16. The van der Waals surface area contributed by atoms with E-state index in [1.807, 2.05) is 12.1 Å². The SMILES string of the molecule is COc1cc(Br)c([C@H](N)CCN)cc1OC.Cl. The third kappa shape index (κ3) is 4.03. The molecule has 0 aliphatic carbocycles. The molecule has 0 bridgehead atoms. The summed E-state index contributed by atoms with van der Waals surface area (Å²) in [6, 6.07) is 3.63. The summed E-state index contributed by atoms with van der Waals surface area (Å²) in [4.78, 5) is 0. The van der Waals surface area contributed by atoms with Crippen molar-refractivity contribution in [1.29, 1.82) is 0 Å². The van der Waals surface area contributed by atoms with Crippen molar-refractivity contribution >= 4 is 28.3 Å². The lowest BCUT2D eigenvalue weighted by molar-refractivity contribution is 0.354. The molecule has 0 fully saturated rings. The first-order chi connectivity index (χ1) is 7.63. The number of ether oxygens (including phenoxy) is 2. The quantitative estimate of drug-likeness (QED) is 0.871. The van der Waals surface area contributed by atoms with E-state index in [0.29, 0.717) is 18.0 Å². The molecule has 0 saturated carbocycles. The van der Waals surface area contributed by atoms with Crippen LogP contribution in [0, 0.1) is 0 Å². The molecule has 1 aromatic rings. The van der Waals surface area contributed by atoms with E-state index < -0.39 is 0 Å². The van der Waals surface area contributed by atoms with Gasteiger partial charge in [0.25, 0.3) is 0 Å². The molecule has 1 aromatic carbocycles. The predicted molar refractivity (Wildman–Crippen MR) is 75.1 cm³/mol. The van der Waals surface area contributed by atoms with Crippen LogP contribution in [-0.2, 0) is 0 Å². The highest BCUT2D eigenvalue weighted by atomic mass is 79.9. The first kappa shape index (κ1) is 16.5. The van der Waals surface area contributed by atoms with Crippen LogP contribution in [0.4, 0.5) is 0 Å². The molecule has 0 spiro atoms. The number of halogens is 2. The van der Waals surface area contributed by atoms with Gasteiger partial charge < -0.3 is 20.9 Å². The number of nitrogens with two attached hydrogens (primary N) is 2. The van der Waals surface area contributed by atoms with E-state index in [2.05, 4.69) is 15.9 Å². The van der Waals surface area contributed by atoms with Crippen LogP contribution in [0.5, 0.6) is 11.5 Å². The Morgan fingerprint density at radius 2 is 1.76 bits per heavy atom. The van der Waals surface area contributed by atoms with Crippen LogP contribution in [0.1, 0.15) is 18.0 Å². The topological polar surface area (TPSA) is 70.5 Å². The summed E-state index contributed by atoms with van der Waals surface area (Å²) < 4.78 is 11.3. The van der Waals surface area contributed by atoms with E-state index in [4.69, 9.17) is 20.9 Å². The fourth-order valence-corrected chi connectivity index (χ4v) is 2.11. The van der Waals surface area contributed by atoms with Gasteiger partial charge in [0.15, 0.2) is 11.5 Å². The van der Waals surface area contributed by atoms with E-state index in [1.54, 1.807) is 14.2 Å². The van der Waals surface area contributed by atoms with Gasteiger partial charge in [-0.15, -0.1) is 12.4 Å². The minimum atomic E-state index is -0.0980. The minimum Gasteiger partial charge on any atom is -0.493 e. The first-order valence-corrected chi connectivity index (χ1v) is 5.80. The minimum absolute atomic E-state index is 0. The van der Waals surface area contributed by atoms with Gasteiger partial charge in [-0.1, -0.05) is 15.9 Å². The molecule has 98 valence electrons. The number of hydrogen-bond acceptors (Lipinski definition) is 4. The molecule has 1 rings (SSSR count). The van der Waals surface area contributed by atoms with Gasteiger partial charge >= 0.3 is 0 Å². The smallest absolute Gasteiger partial charge is 0.161 e. The Bertz CT molecular complexity index is 364. The average molecular weight is 326 g/mol. The van der Waals surface area contributed by atoms with Gasteiger partial charge in [-0.05, 0) is 30.7 Å². The van der Waals surface area contributed by atoms with E-state index in [-0.39, 0.29) is 18.4 Å². The molecule has 0 amide bonds. The standard InChI is InChI=1S/C11H17BrN2O2.ClH/c1-15-10-5-7(9(14)3-4-13)8(12)6-11(10)16-2;/h5-6,9H,3-4,13-14H2,1-2H3;1H/t9-;/m1./s1. The fraction of sp³-hybridized carbons (Fsp3) is 0.455. The van der Waals surface area contributed by atoms with Gasteiger partial charge in [0.1, 0.15) is 0 Å². The van der Waals surface area contributed by atoms with Gasteiger partial charge in [-0.2, -0.15) is 0 Å². The van der Waals surface area contributed by atoms with E-state index in [0.717, 1.165) is 16.5 Å². The van der Waals surface area contributed by atoms with E-state index >= 15 is 0 Å². The molecule has 0 aliphatic heterocycles. The highest BCUT2D eigenvalue weighted by molar-refractivity contribution is 9.10. The second-order valence-electron chi connectivity index (χ2n) is 3.41. The summed E-state index contributed by atoms with van der Waals surface area (Å²) in [5, 5.41) is 0. The summed E-state index contributed by atoms with van der Waals surface area (Å²) in [6.45, 7) is 0.557. The summed E-state index contributed by atoms with van der Waals surface area (Å²) in [5.41, 5.74) is 12.5. The van der Waals surface area contributed by atoms with Gasteiger partial charge in [-0.25, -0.2) is 0 Å². The van der Waals surface area contributed by atoms with Crippen LogP contribution >= 0.6 is 28.3 Å². The van der Waals surface area contributed by atoms with Gasteiger partial charge in [-0.3, -0.25) is 0 Å². The first-order valence-electron chi connectivity index (χ1n) is 5.01. The van der Waals surface area contributed by atoms with Gasteiger partial charge in [0.2, 0.25) is 0 Å². The Balaban J connectivity index is 0.00000256. The van der Waals surface area contributed by atoms with E-state index in [1.165, 1.54) is 0 Å². The number of benzene rings is 1. The van der Waals surface area contributed by atoms with Crippen molar-refractivity contribution < 1.29 is 9.47 Å². The second-order valence-corrected chi connectivity index (χ2v) is 4.27. The Morgan fingerprint density at radius 1 is 1.24 bits per heavy atom. The highest BCUT2D eigenvalue weighted by Crippen LogP contribution is 2.35. The summed E-state index contributed by atoms with van der Waals surface area (Å²) >= 11 is 3.47. The molecule has 0 unspecified atom stereocenters. The maximum atomic E-state index is 6.02. The maximum Gasteiger partial charge on any atom is 0.161 e. The Kier molecular flexibility index (Phi) is 7.54. The van der Waals surface area contributed by atoms with Crippen LogP contribution in [0.2, 0.25) is 0 Å². The normalized spacial score (nSPS) is 11.6. The molecule has 4 N–H and O–H groups in total. The van der Waals surface area contributed by atoms with Crippen molar-refractivity contribution in [1.82, 2.24) is 0 Å². The molecule has 0 heterocycles. The number of rotatable bonds is 5. The summed E-state index contributed by atoms with van der Waals surface area (Å²) in [6.07, 6.45) is 0.730. The molecule has 0 aromatic heterocycles. The summed E-state index contributed by atoms with van der Waals surface area (Å²) in [5.74, 6) is 1.35. The van der Waals surface area contributed by atoms with Crippen LogP contribution in [0.15, 0.2) is 16.6 Å². The molecule has 6 heteroatoms. The Hall–Kier alpha value is -0.490. The van der Waals surface area contributed by atoms with E-state index in [9.17, 15) is 0 Å². The lowest BCUT2D eigenvalue weighted by Gasteiger charge is -2.16. The zero-order valence-corrected chi connectivity index (χ0v) is 12.3. The number of hydrogen-bond donors (Lipinski definition) is 2. The van der Waals surface area contributed by atoms with Crippen LogP contribution in [0.3, 0.4) is 0 Å². The molecule has 0 radical (unpaired) electrons. The average Bonchev–Trinajstić information content (AvgIpc) is 2.28. The molecular weight excluding hydrogens is 307 g/mol. The molecule has 4 nitrogen and oxygen atoms in total. The Labute approximate surface area is 116 Å². The maximum absolute atomic E-state index is 6.02. The molecule has 0 saturated heterocycles. The van der Waals surface area contributed by atoms with Crippen molar-refractivity contribution in [3.05, 3.63) is 22.2 Å². The van der Waals surface area contributed by atoms with Crippen molar-refractivity contribution in [2.24, 2.45) is 11.5 Å². The zero-order chi connectivity index (χ0) is 12.1.